The molecule has 0 spiro atoms. The highest BCUT2D eigenvalue weighted by Gasteiger charge is 2.23. The van der Waals surface area contributed by atoms with Gasteiger partial charge in [-0.2, -0.15) is 0 Å². The lowest BCUT2D eigenvalue weighted by Crippen LogP contribution is -2.45. The summed E-state index contributed by atoms with van der Waals surface area (Å²) in [6.07, 6.45) is 0.0837. The fraction of sp³-hybridized carbons (Fsp3) is 0.286. The molecule has 7 heteroatoms. The van der Waals surface area contributed by atoms with Crippen molar-refractivity contribution in [1.29, 1.82) is 0 Å². The summed E-state index contributed by atoms with van der Waals surface area (Å²) in [7, 11) is 0. The van der Waals surface area contributed by atoms with E-state index in [-0.39, 0.29) is 12.0 Å². The highest BCUT2D eigenvalue weighted by atomic mass is 32.2. The Morgan fingerprint density at radius 2 is 1.82 bits per heavy atom. The Kier molecular flexibility index (Phi) is 5.73. The second-order valence-electron chi connectivity index (χ2n) is 6.65. The summed E-state index contributed by atoms with van der Waals surface area (Å²) < 4.78 is 7.53. The maximum absolute atomic E-state index is 12.6. The van der Waals surface area contributed by atoms with Gasteiger partial charge in [-0.15, -0.1) is 10.2 Å². The molecule has 28 heavy (non-hydrogen) atoms. The first-order valence-electron chi connectivity index (χ1n) is 9.31. The van der Waals surface area contributed by atoms with Crippen LogP contribution in [0, 0.1) is 0 Å². The van der Waals surface area contributed by atoms with Crippen LogP contribution in [-0.4, -0.2) is 57.1 Å². The van der Waals surface area contributed by atoms with Crippen molar-refractivity contribution in [2.45, 2.75) is 18.2 Å². The Balaban J connectivity index is 1.59. The molecule has 2 heterocycles. The van der Waals surface area contributed by atoms with Gasteiger partial charge in [0.05, 0.1) is 18.5 Å². The summed E-state index contributed by atoms with van der Waals surface area (Å²) in [4.78, 5) is 14.5. The van der Waals surface area contributed by atoms with Gasteiger partial charge in [-0.05, 0) is 19.1 Å². The van der Waals surface area contributed by atoms with Crippen LogP contribution in [0.25, 0.3) is 17.1 Å². The quantitative estimate of drug-likeness (QED) is 0.622. The van der Waals surface area contributed by atoms with Crippen LogP contribution in [0.3, 0.4) is 0 Å². The van der Waals surface area contributed by atoms with E-state index in [1.54, 1.807) is 0 Å². The molecule has 1 aromatic heterocycles. The summed E-state index contributed by atoms with van der Waals surface area (Å²) in [6.45, 7) is 3.87. The fourth-order valence-corrected chi connectivity index (χ4v) is 4.06. The van der Waals surface area contributed by atoms with Gasteiger partial charge in [0, 0.05) is 24.3 Å². The van der Waals surface area contributed by atoms with Crippen molar-refractivity contribution >= 4 is 17.7 Å². The Morgan fingerprint density at radius 3 is 2.54 bits per heavy atom. The summed E-state index contributed by atoms with van der Waals surface area (Å²) in [6, 6.07) is 19.9. The van der Waals surface area contributed by atoms with E-state index in [1.165, 1.54) is 11.8 Å². The number of para-hydroxylation sites is 1. The lowest BCUT2D eigenvalue weighted by atomic mass is 10.2. The largest absolute Gasteiger partial charge is 0.375 e. The molecule has 1 fully saturated rings. The fourth-order valence-electron chi connectivity index (χ4n) is 3.21. The monoisotopic (exact) mass is 394 g/mol. The van der Waals surface area contributed by atoms with Crippen molar-refractivity contribution in [3.63, 3.8) is 0 Å². The molecule has 1 atom stereocenters. The first-order chi connectivity index (χ1) is 13.7. The van der Waals surface area contributed by atoms with E-state index in [1.807, 2.05) is 77.1 Å². The van der Waals surface area contributed by atoms with Crippen molar-refractivity contribution < 1.29 is 9.53 Å². The molecule has 1 aliphatic heterocycles. The van der Waals surface area contributed by atoms with Crippen LogP contribution in [0.15, 0.2) is 65.8 Å². The zero-order valence-corrected chi connectivity index (χ0v) is 16.5. The Hall–Kier alpha value is -2.64. The van der Waals surface area contributed by atoms with Gasteiger partial charge in [-0.3, -0.25) is 9.36 Å². The number of rotatable bonds is 5. The molecule has 3 aromatic rings. The van der Waals surface area contributed by atoms with Gasteiger partial charge in [0.1, 0.15) is 0 Å². The van der Waals surface area contributed by atoms with Crippen LogP contribution < -0.4 is 0 Å². The molecule has 0 bridgehead atoms. The number of benzene rings is 2. The van der Waals surface area contributed by atoms with E-state index in [9.17, 15) is 4.79 Å². The van der Waals surface area contributed by atoms with E-state index in [4.69, 9.17) is 4.74 Å². The van der Waals surface area contributed by atoms with Gasteiger partial charge >= 0.3 is 0 Å². The lowest BCUT2D eigenvalue weighted by molar-refractivity contribution is -0.135. The van der Waals surface area contributed by atoms with E-state index in [0.717, 1.165) is 17.1 Å². The minimum atomic E-state index is 0.0837. The van der Waals surface area contributed by atoms with Crippen LogP contribution in [-0.2, 0) is 9.53 Å². The third-order valence-electron chi connectivity index (χ3n) is 4.60. The van der Waals surface area contributed by atoms with Crippen molar-refractivity contribution in [3.05, 3.63) is 60.7 Å². The smallest absolute Gasteiger partial charge is 0.233 e. The third kappa shape index (κ3) is 4.10. The number of hydrogen-bond donors (Lipinski definition) is 0. The molecule has 0 aliphatic carbocycles. The second kappa shape index (κ2) is 8.58. The van der Waals surface area contributed by atoms with Gasteiger partial charge in [-0.25, -0.2) is 0 Å². The third-order valence-corrected chi connectivity index (χ3v) is 5.51. The summed E-state index contributed by atoms with van der Waals surface area (Å²) in [5.41, 5.74) is 1.96. The molecular formula is C21H22N4O2S. The molecule has 0 N–H and O–H groups in total. The number of aromatic nitrogens is 3. The standard InChI is InChI=1S/C21H22N4O2S/c1-16-14-24(12-13-27-16)19(26)15-28-21-23-22-20(17-8-4-2-5-9-17)25(21)18-10-6-3-7-11-18/h2-11,16H,12-15H2,1H3. The molecular weight excluding hydrogens is 372 g/mol. The number of morpholine rings is 1. The second-order valence-corrected chi connectivity index (χ2v) is 7.60. The molecule has 1 saturated heterocycles. The van der Waals surface area contributed by atoms with E-state index < -0.39 is 0 Å². The molecule has 1 unspecified atom stereocenters. The van der Waals surface area contributed by atoms with Gasteiger partial charge in [0.2, 0.25) is 5.91 Å². The Labute approximate surface area is 168 Å². The maximum Gasteiger partial charge on any atom is 0.233 e. The molecule has 144 valence electrons. The average Bonchev–Trinajstić information content (AvgIpc) is 3.17. The lowest BCUT2D eigenvalue weighted by Gasteiger charge is -2.31. The summed E-state index contributed by atoms with van der Waals surface area (Å²) in [5, 5.41) is 9.50. The van der Waals surface area contributed by atoms with E-state index >= 15 is 0 Å². The van der Waals surface area contributed by atoms with Crippen molar-refractivity contribution in [1.82, 2.24) is 19.7 Å². The van der Waals surface area contributed by atoms with Crippen LogP contribution in [0.2, 0.25) is 0 Å². The molecule has 2 aromatic carbocycles. The van der Waals surface area contributed by atoms with Crippen LogP contribution in [0.4, 0.5) is 0 Å². The maximum atomic E-state index is 12.6. The normalized spacial score (nSPS) is 16.9. The first-order valence-corrected chi connectivity index (χ1v) is 10.3. The molecule has 1 aliphatic rings. The predicted molar refractivity (Wildman–Crippen MR) is 110 cm³/mol. The zero-order valence-electron chi connectivity index (χ0n) is 15.7. The topological polar surface area (TPSA) is 60.2 Å². The predicted octanol–water partition coefficient (Wildman–Crippen LogP) is 3.27. The number of hydrogen-bond acceptors (Lipinski definition) is 5. The minimum Gasteiger partial charge on any atom is -0.375 e. The van der Waals surface area contributed by atoms with Gasteiger partial charge < -0.3 is 9.64 Å². The Bertz CT molecular complexity index is 930. The molecule has 6 nitrogen and oxygen atoms in total. The molecule has 4 rings (SSSR count). The Morgan fingerprint density at radius 1 is 1.11 bits per heavy atom. The van der Waals surface area contributed by atoms with Crippen LogP contribution in [0.1, 0.15) is 6.92 Å². The van der Waals surface area contributed by atoms with Crippen LogP contribution in [0.5, 0.6) is 0 Å². The van der Waals surface area contributed by atoms with Gasteiger partial charge in [0.25, 0.3) is 0 Å². The zero-order chi connectivity index (χ0) is 19.3. The first kappa shape index (κ1) is 18.7. The molecule has 1 amide bonds. The van der Waals surface area contributed by atoms with Crippen molar-refractivity contribution in [2.75, 3.05) is 25.4 Å². The number of nitrogens with zero attached hydrogens (tertiary/aromatic N) is 4. The minimum absolute atomic E-state index is 0.0837. The number of carbonyl (C=O) groups is 1. The van der Waals surface area contributed by atoms with E-state index in [0.29, 0.717) is 30.6 Å². The summed E-state index contributed by atoms with van der Waals surface area (Å²) in [5.74, 6) is 1.19. The van der Waals surface area contributed by atoms with Crippen molar-refractivity contribution in [3.8, 4) is 17.1 Å². The SMILES string of the molecule is CC1CN(C(=O)CSc2nnc(-c3ccccc3)n2-c2ccccc2)CCO1. The highest BCUT2D eigenvalue weighted by Crippen LogP contribution is 2.28. The molecule has 0 saturated carbocycles. The number of ether oxygens (including phenoxy) is 1. The molecule has 0 radical (unpaired) electrons. The number of thioether (sulfide) groups is 1. The van der Waals surface area contributed by atoms with Crippen LogP contribution >= 0.6 is 11.8 Å². The van der Waals surface area contributed by atoms with Gasteiger partial charge in [0.15, 0.2) is 11.0 Å². The average molecular weight is 395 g/mol. The van der Waals surface area contributed by atoms with Crippen molar-refractivity contribution in [2.24, 2.45) is 0 Å². The number of carbonyl (C=O) groups excluding carboxylic acids is 1. The highest BCUT2D eigenvalue weighted by molar-refractivity contribution is 7.99. The van der Waals surface area contributed by atoms with Gasteiger partial charge in [-0.1, -0.05) is 60.3 Å². The number of amides is 1. The summed E-state index contributed by atoms with van der Waals surface area (Å²) >= 11 is 1.42. The van der Waals surface area contributed by atoms with E-state index in [2.05, 4.69) is 10.2 Å².